The molecule has 5 nitrogen and oxygen atoms in total. The van der Waals surface area contributed by atoms with Gasteiger partial charge in [-0.2, -0.15) is 13.2 Å². The van der Waals surface area contributed by atoms with Crippen LogP contribution in [0.3, 0.4) is 0 Å². The second kappa shape index (κ2) is 11.7. The fraction of sp³-hybridized carbons (Fsp3) is 0.133. The fourth-order valence-electron chi connectivity index (χ4n) is 4.46. The van der Waals surface area contributed by atoms with Crippen LogP contribution < -0.4 is 5.69 Å². The van der Waals surface area contributed by atoms with E-state index in [0.29, 0.717) is 26.2 Å². The Hall–Kier alpha value is -3.56. The monoisotopic (exact) mass is 617 g/mol. The summed E-state index contributed by atoms with van der Waals surface area (Å²) in [6.45, 7) is -1.10. The molecule has 41 heavy (non-hydrogen) atoms. The summed E-state index contributed by atoms with van der Waals surface area (Å²) >= 11 is 19.0. The topological polar surface area (TPSA) is 60.0 Å². The zero-order chi connectivity index (χ0) is 29.3. The number of aliphatic hydroxyl groups excluding tert-OH is 1. The Morgan fingerprint density at radius 2 is 1.32 bits per heavy atom. The molecule has 0 aliphatic heterocycles. The number of aromatic nitrogens is 3. The minimum Gasteiger partial charge on any atom is -0.382 e. The lowest BCUT2D eigenvalue weighted by Gasteiger charge is -2.15. The molecule has 0 aliphatic carbocycles. The van der Waals surface area contributed by atoms with Crippen molar-refractivity contribution in [2.45, 2.75) is 25.4 Å². The van der Waals surface area contributed by atoms with Gasteiger partial charge in [0.2, 0.25) is 0 Å². The lowest BCUT2D eigenvalue weighted by molar-refractivity contribution is -0.207. The Kier molecular flexibility index (Phi) is 8.29. The van der Waals surface area contributed by atoms with Crippen molar-refractivity contribution in [3.8, 4) is 33.6 Å². The minimum absolute atomic E-state index is 0.0384. The third-order valence-corrected chi connectivity index (χ3v) is 7.36. The van der Waals surface area contributed by atoms with Gasteiger partial charge in [0.15, 0.2) is 11.9 Å². The molecular formula is C30H21Cl3F3N3O2. The normalized spacial score (nSPS) is 12.5. The van der Waals surface area contributed by atoms with Crippen LogP contribution in [-0.4, -0.2) is 31.7 Å². The smallest absolute Gasteiger partial charge is 0.382 e. The summed E-state index contributed by atoms with van der Waals surface area (Å²) in [6, 6.07) is 26.3. The van der Waals surface area contributed by atoms with Crippen molar-refractivity contribution in [3.05, 3.63) is 122 Å². The highest BCUT2D eigenvalue weighted by Crippen LogP contribution is 2.35. The van der Waals surface area contributed by atoms with Crippen molar-refractivity contribution in [1.29, 1.82) is 0 Å². The van der Waals surface area contributed by atoms with Crippen molar-refractivity contribution in [2.24, 2.45) is 0 Å². The molecule has 0 unspecified atom stereocenters. The molecule has 0 fully saturated rings. The SMILES string of the molecule is O=c1n(Cc2cc(-c3ccccc3Cl)cc(-c3ccccc3Cl)c2)nc(-c2ccc(Cl)cc2)n1C[C@H](O)C(F)(F)F. The van der Waals surface area contributed by atoms with Crippen LogP contribution in [0, 0.1) is 0 Å². The van der Waals surface area contributed by atoms with Gasteiger partial charge in [0.05, 0.1) is 13.1 Å². The Balaban J connectivity index is 1.64. The maximum atomic E-state index is 13.4. The summed E-state index contributed by atoms with van der Waals surface area (Å²) in [5, 5.41) is 15.6. The molecule has 0 spiro atoms. The average molecular weight is 619 g/mol. The molecule has 0 saturated carbocycles. The highest BCUT2D eigenvalue weighted by Gasteiger charge is 2.39. The van der Waals surface area contributed by atoms with E-state index in [1.807, 2.05) is 54.6 Å². The number of benzene rings is 4. The van der Waals surface area contributed by atoms with Crippen molar-refractivity contribution >= 4 is 34.8 Å². The number of hydrogen-bond acceptors (Lipinski definition) is 3. The van der Waals surface area contributed by atoms with Gasteiger partial charge in [0.25, 0.3) is 0 Å². The number of rotatable bonds is 7. The van der Waals surface area contributed by atoms with Crippen LogP contribution in [0.25, 0.3) is 33.6 Å². The molecule has 1 N–H and O–H groups in total. The van der Waals surface area contributed by atoms with E-state index in [-0.39, 0.29) is 12.4 Å². The Morgan fingerprint density at radius 3 is 1.83 bits per heavy atom. The van der Waals surface area contributed by atoms with E-state index in [1.165, 1.54) is 12.1 Å². The number of nitrogens with zero attached hydrogens (tertiary/aromatic N) is 3. The molecule has 0 aliphatic rings. The van der Waals surface area contributed by atoms with Gasteiger partial charge in [-0.25, -0.2) is 9.48 Å². The fourth-order valence-corrected chi connectivity index (χ4v) is 5.07. The second-order valence-electron chi connectivity index (χ2n) is 9.32. The largest absolute Gasteiger partial charge is 0.416 e. The first-order valence-electron chi connectivity index (χ1n) is 12.3. The average Bonchev–Trinajstić information content (AvgIpc) is 3.23. The molecule has 0 amide bonds. The van der Waals surface area contributed by atoms with E-state index in [9.17, 15) is 23.1 Å². The van der Waals surface area contributed by atoms with E-state index in [2.05, 4.69) is 5.10 Å². The van der Waals surface area contributed by atoms with Crippen molar-refractivity contribution < 1.29 is 18.3 Å². The lowest BCUT2D eigenvalue weighted by atomic mass is 9.96. The molecule has 11 heteroatoms. The van der Waals surface area contributed by atoms with Gasteiger partial charge in [0, 0.05) is 31.8 Å². The number of hydrogen-bond donors (Lipinski definition) is 1. The Morgan fingerprint density at radius 1 is 0.780 bits per heavy atom. The summed E-state index contributed by atoms with van der Waals surface area (Å²) in [7, 11) is 0. The van der Waals surface area contributed by atoms with E-state index in [1.54, 1.807) is 24.3 Å². The number of alkyl halides is 3. The predicted octanol–water partition coefficient (Wildman–Crippen LogP) is 7.98. The third-order valence-electron chi connectivity index (χ3n) is 6.45. The van der Waals surface area contributed by atoms with E-state index < -0.39 is 24.5 Å². The van der Waals surface area contributed by atoms with E-state index >= 15 is 0 Å². The van der Waals surface area contributed by atoms with Gasteiger partial charge in [-0.3, -0.25) is 4.57 Å². The molecule has 4 aromatic carbocycles. The molecule has 210 valence electrons. The van der Waals surface area contributed by atoms with Crippen molar-refractivity contribution in [3.63, 3.8) is 0 Å². The first-order chi connectivity index (χ1) is 19.5. The maximum absolute atomic E-state index is 13.4. The number of aliphatic hydroxyl groups is 1. The lowest BCUT2D eigenvalue weighted by Crippen LogP contribution is -2.37. The zero-order valence-electron chi connectivity index (χ0n) is 21.1. The van der Waals surface area contributed by atoms with Gasteiger partial charge in [0.1, 0.15) is 0 Å². The molecule has 0 saturated heterocycles. The maximum Gasteiger partial charge on any atom is 0.416 e. The summed E-state index contributed by atoms with van der Waals surface area (Å²) in [5.74, 6) is -0.0384. The summed E-state index contributed by atoms with van der Waals surface area (Å²) in [5.41, 5.74) is 3.17. The zero-order valence-corrected chi connectivity index (χ0v) is 23.4. The van der Waals surface area contributed by atoms with Crippen LogP contribution in [0.2, 0.25) is 15.1 Å². The van der Waals surface area contributed by atoms with Gasteiger partial charge in [-0.1, -0.05) is 71.2 Å². The van der Waals surface area contributed by atoms with Crippen LogP contribution in [-0.2, 0) is 13.1 Å². The molecule has 5 aromatic rings. The predicted molar refractivity (Wildman–Crippen MR) is 155 cm³/mol. The van der Waals surface area contributed by atoms with Gasteiger partial charge < -0.3 is 5.11 Å². The molecule has 5 rings (SSSR count). The third kappa shape index (κ3) is 6.36. The molecule has 1 aromatic heterocycles. The number of halogens is 6. The van der Waals surface area contributed by atoms with E-state index in [0.717, 1.165) is 31.5 Å². The van der Waals surface area contributed by atoms with Crippen LogP contribution in [0.1, 0.15) is 5.56 Å². The van der Waals surface area contributed by atoms with Crippen molar-refractivity contribution in [1.82, 2.24) is 14.3 Å². The Bertz CT molecular complexity index is 1700. The van der Waals surface area contributed by atoms with Gasteiger partial charge >= 0.3 is 11.9 Å². The highest BCUT2D eigenvalue weighted by atomic mass is 35.5. The second-order valence-corrected chi connectivity index (χ2v) is 10.6. The van der Waals surface area contributed by atoms with Gasteiger partial charge in [-0.05, 0) is 71.3 Å². The Labute approximate surface area is 248 Å². The minimum atomic E-state index is -4.92. The molecule has 1 atom stereocenters. The highest BCUT2D eigenvalue weighted by molar-refractivity contribution is 6.34. The standard InChI is InChI=1S/C30H21Cl3F3N3O2/c31-22-11-9-19(10-12-22)28-37-39(29(41)38(28)17-27(40)30(34,35)36)16-18-13-20(23-5-1-3-7-25(23)32)15-21(14-18)24-6-2-4-8-26(24)33/h1-15,27,40H,16-17H2/t27-/m0/s1. The molecule has 1 heterocycles. The van der Waals surface area contributed by atoms with Crippen LogP contribution in [0.5, 0.6) is 0 Å². The summed E-state index contributed by atoms with van der Waals surface area (Å²) in [6.07, 6.45) is -7.69. The van der Waals surface area contributed by atoms with Crippen LogP contribution >= 0.6 is 34.8 Å². The molecular weight excluding hydrogens is 598 g/mol. The van der Waals surface area contributed by atoms with Crippen molar-refractivity contribution in [2.75, 3.05) is 0 Å². The molecule has 0 bridgehead atoms. The van der Waals surface area contributed by atoms with Crippen LogP contribution in [0.15, 0.2) is 95.8 Å². The quantitative estimate of drug-likeness (QED) is 0.201. The first kappa shape index (κ1) is 29.0. The summed E-state index contributed by atoms with van der Waals surface area (Å²) in [4.78, 5) is 13.4. The van der Waals surface area contributed by atoms with Crippen LogP contribution in [0.4, 0.5) is 13.2 Å². The van der Waals surface area contributed by atoms with Gasteiger partial charge in [-0.15, -0.1) is 5.10 Å². The molecule has 0 radical (unpaired) electrons. The first-order valence-corrected chi connectivity index (χ1v) is 13.5. The van der Waals surface area contributed by atoms with E-state index in [4.69, 9.17) is 34.8 Å². The summed E-state index contributed by atoms with van der Waals surface area (Å²) < 4.78 is 41.6.